The van der Waals surface area contributed by atoms with E-state index in [-0.39, 0.29) is 27.9 Å². The standard InChI is InChI=1S/C22H25ClN2O3S/c23-19-13-12-16(22(26)24-17-8-2-3-9-17)14-21(19)29(27,28)25-20-11-5-7-15-6-1-4-10-18(15)20/h1,4,6,10,12-14,17,20,25H,2-3,5,7-9,11H2,(H,24,26)/t20-/m1/s1. The van der Waals surface area contributed by atoms with Crippen LogP contribution in [0.1, 0.15) is 66.1 Å². The van der Waals surface area contributed by atoms with E-state index < -0.39 is 10.0 Å². The van der Waals surface area contributed by atoms with E-state index in [4.69, 9.17) is 11.6 Å². The van der Waals surface area contributed by atoms with Crippen molar-refractivity contribution in [2.24, 2.45) is 0 Å². The second-order valence-electron chi connectivity index (χ2n) is 7.86. The van der Waals surface area contributed by atoms with Crippen LogP contribution in [0.3, 0.4) is 0 Å². The molecule has 0 bridgehead atoms. The van der Waals surface area contributed by atoms with Crippen molar-refractivity contribution in [3.8, 4) is 0 Å². The number of amides is 1. The van der Waals surface area contributed by atoms with Crippen LogP contribution in [0, 0.1) is 0 Å². The van der Waals surface area contributed by atoms with E-state index in [1.165, 1.54) is 17.7 Å². The average molecular weight is 433 g/mol. The van der Waals surface area contributed by atoms with E-state index in [9.17, 15) is 13.2 Å². The number of nitrogens with one attached hydrogen (secondary N) is 2. The minimum absolute atomic E-state index is 0.0544. The van der Waals surface area contributed by atoms with E-state index in [0.29, 0.717) is 5.56 Å². The second-order valence-corrected chi connectivity index (χ2v) is 9.95. The molecule has 0 aromatic heterocycles. The van der Waals surface area contributed by atoms with Crippen LogP contribution in [0.25, 0.3) is 0 Å². The molecule has 29 heavy (non-hydrogen) atoms. The Morgan fingerprint density at radius 1 is 1.00 bits per heavy atom. The molecule has 7 heteroatoms. The van der Waals surface area contributed by atoms with Crippen molar-refractivity contribution in [1.29, 1.82) is 0 Å². The first-order valence-corrected chi connectivity index (χ1v) is 12.0. The fraction of sp³-hybridized carbons (Fsp3) is 0.409. The van der Waals surface area contributed by atoms with Crippen molar-refractivity contribution in [1.82, 2.24) is 10.0 Å². The van der Waals surface area contributed by atoms with Gasteiger partial charge in [0.15, 0.2) is 0 Å². The van der Waals surface area contributed by atoms with Crippen LogP contribution in [0.4, 0.5) is 0 Å². The smallest absolute Gasteiger partial charge is 0.251 e. The Kier molecular flexibility index (Phi) is 5.95. The van der Waals surface area contributed by atoms with Gasteiger partial charge in [-0.1, -0.05) is 48.7 Å². The predicted octanol–water partition coefficient (Wildman–Crippen LogP) is 4.37. The van der Waals surface area contributed by atoms with Gasteiger partial charge in [0.2, 0.25) is 10.0 Å². The molecule has 4 rings (SSSR count). The molecule has 0 radical (unpaired) electrons. The molecule has 0 spiro atoms. The number of carbonyl (C=O) groups excluding carboxylic acids is 1. The SMILES string of the molecule is O=C(NC1CCCC1)c1ccc(Cl)c(S(=O)(=O)N[C@@H]2CCCc3ccccc32)c1. The maximum absolute atomic E-state index is 13.1. The summed E-state index contributed by atoms with van der Waals surface area (Å²) in [6, 6.07) is 12.2. The van der Waals surface area contributed by atoms with Crippen LogP contribution >= 0.6 is 11.6 Å². The number of hydrogen-bond acceptors (Lipinski definition) is 3. The van der Waals surface area contributed by atoms with E-state index in [0.717, 1.165) is 50.5 Å². The molecule has 1 fully saturated rings. The van der Waals surface area contributed by atoms with Gasteiger partial charge in [-0.3, -0.25) is 4.79 Å². The van der Waals surface area contributed by atoms with Crippen molar-refractivity contribution in [2.45, 2.75) is 61.9 Å². The van der Waals surface area contributed by atoms with Crippen molar-refractivity contribution in [3.63, 3.8) is 0 Å². The van der Waals surface area contributed by atoms with Gasteiger partial charge in [-0.15, -0.1) is 0 Å². The Morgan fingerprint density at radius 3 is 2.55 bits per heavy atom. The fourth-order valence-corrected chi connectivity index (χ4v) is 6.09. The number of rotatable bonds is 5. The minimum Gasteiger partial charge on any atom is -0.349 e. The highest BCUT2D eigenvalue weighted by molar-refractivity contribution is 7.89. The number of sulfonamides is 1. The highest BCUT2D eigenvalue weighted by Gasteiger charge is 2.28. The van der Waals surface area contributed by atoms with Gasteiger partial charge in [-0.05, 0) is 61.4 Å². The Labute approximate surface area is 176 Å². The third-order valence-corrected chi connectivity index (χ3v) is 7.79. The number of benzene rings is 2. The summed E-state index contributed by atoms with van der Waals surface area (Å²) in [6.45, 7) is 0. The highest BCUT2D eigenvalue weighted by atomic mass is 35.5. The summed E-state index contributed by atoms with van der Waals surface area (Å²) in [7, 11) is -3.88. The number of carbonyl (C=O) groups is 1. The zero-order chi connectivity index (χ0) is 20.4. The molecule has 0 saturated heterocycles. The molecule has 2 N–H and O–H groups in total. The van der Waals surface area contributed by atoms with Gasteiger partial charge < -0.3 is 5.32 Å². The highest BCUT2D eigenvalue weighted by Crippen LogP contribution is 2.32. The molecule has 1 atom stereocenters. The summed E-state index contributed by atoms with van der Waals surface area (Å²) >= 11 is 6.22. The molecule has 5 nitrogen and oxygen atoms in total. The molecule has 0 aliphatic heterocycles. The predicted molar refractivity (Wildman–Crippen MR) is 114 cm³/mol. The van der Waals surface area contributed by atoms with Crippen molar-refractivity contribution >= 4 is 27.5 Å². The maximum Gasteiger partial charge on any atom is 0.251 e. The van der Waals surface area contributed by atoms with Crippen LogP contribution in [-0.4, -0.2) is 20.4 Å². The quantitative estimate of drug-likeness (QED) is 0.736. The van der Waals surface area contributed by atoms with Gasteiger partial charge >= 0.3 is 0 Å². The Bertz CT molecular complexity index is 1020. The molecular formula is C22H25ClN2O3S. The summed E-state index contributed by atoms with van der Waals surface area (Å²) in [5.74, 6) is -0.256. The van der Waals surface area contributed by atoms with Crippen LogP contribution in [-0.2, 0) is 16.4 Å². The number of aryl methyl sites for hydroxylation is 1. The first kappa shape index (κ1) is 20.4. The molecule has 0 heterocycles. The maximum atomic E-state index is 13.1. The summed E-state index contributed by atoms with van der Waals surface area (Å²) in [6.07, 6.45) is 6.75. The number of fused-ring (bicyclic) bond motifs is 1. The van der Waals surface area contributed by atoms with E-state index >= 15 is 0 Å². The average Bonchev–Trinajstić information content (AvgIpc) is 3.21. The lowest BCUT2D eigenvalue weighted by molar-refractivity contribution is 0.0937. The number of halogens is 1. The minimum atomic E-state index is -3.88. The fourth-order valence-electron chi connectivity index (χ4n) is 4.32. The zero-order valence-corrected chi connectivity index (χ0v) is 17.7. The lowest BCUT2D eigenvalue weighted by Gasteiger charge is -2.26. The molecule has 154 valence electrons. The summed E-state index contributed by atoms with van der Waals surface area (Å²) in [4.78, 5) is 12.5. The van der Waals surface area contributed by atoms with Crippen LogP contribution in [0.5, 0.6) is 0 Å². The third kappa shape index (κ3) is 4.49. The van der Waals surface area contributed by atoms with Crippen LogP contribution < -0.4 is 10.0 Å². The molecule has 2 aliphatic rings. The molecule has 2 aliphatic carbocycles. The van der Waals surface area contributed by atoms with Gasteiger partial charge in [-0.25, -0.2) is 13.1 Å². The summed E-state index contributed by atoms with van der Waals surface area (Å²) in [5.41, 5.74) is 2.49. The van der Waals surface area contributed by atoms with E-state index in [1.54, 1.807) is 6.07 Å². The van der Waals surface area contributed by atoms with Gasteiger partial charge in [0.25, 0.3) is 5.91 Å². The molecule has 2 aromatic rings. The zero-order valence-electron chi connectivity index (χ0n) is 16.2. The van der Waals surface area contributed by atoms with Crippen molar-refractivity contribution in [2.75, 3.05) is 0 Å². The van der Waals surface area contributed by atoms with Gasteiger partial charge in [0, 0.05) is 17.6 Å². The first-order valence-electron chi connectivity index (χ1n) is 10.1. The molecule has 1 amide bonds. The Morgan fingerprint density at radius 2 is 1.76 bits per heavy atom. The lowest BCUT2D eigenvalue weighted by atomic mass is 9.88. The molecule has 2 aromatic carbocycles. The topological polar surface area (TPSA) is 75.3 Å². The second kappa shape index (κ2) is 8.46. The lowest BCUT2D eigenvalue weighted by Crippen LogP contribution is -2.33. The van der Waals surface area contributed by atoms with Crippen LogP contribution in [0.2, 0.25) is 5.02 Å². The Hall–Kier alpha value is -1.89. The van der Waals surface area contributed by atoms with E-state index in [2.05, 4.69) is 10.0 Å². The first-order chi connectivity index (χ1) is 13.9. The summed E-state index contributed by atoms with van der Waals surface area (Å²) < 4.78 is 29.1. The number of hydrogen-bond donors (Lipinski definition) is 2. The molecular weight excluding hydrogens is 408 g/mol. The van der Waals surface area contributed by atoms with Gasteiger partial charge in [0.1, 0.15) is 4.90 Å². The largest absolute Gasteiger partial charge is 0.349 e. The molecule has 1 saturated carbocycles. The Balaban J connectivity index is 1.57. The van der Waals surface area contributed by atoms with Gasteiger partial charge in [0.05, 0.1) is 5.02 Å². The van der Waals surface area contributed by atoms with Crippen LogP contribution in [0.15, 0.2) is 47.4 Å². The monoisotopic (exact) mass is 432 g/mol. The van der Waals surface area contributed by atoms with E-state index in [1.807, 2.05) is 24.3 Å². The summed E-state index contributed by atoms with van der Waals surface area (Å²) in [5, 5.41) is 3.10. The molecule has 0 unspecified atom stereocenters. The van der Waals surface area contributed by atoms with Crippen molar-refractivity contribution < 1.29 is 13.2 Å². The normalized spacial score (nSPS) is 19.7. The van der Waals surface area contributed by atoms with Gasteiger partial charge in [-0.2, -0.15) is 0 Å². The third-order valence-electron chi connectivity index (χ3n) is 5.84. The van der Waals surface area contributed by atoms with Crippen molar-refractivity contribution in [3.05, 3.63) is 64.2 Å².